The minimum Gasteiger partial charge on any atom is -0.493 e. The van der Waals surface area contributed by atoms with Gasteiger partial charge in [0.25, 0.3) is 11.3 Å². The molecular weight excluding hydrogens is 639 g/mol. The van der Waals surface area contributed by atoms with Crippen LogP contribution in [0.15, 0.2) is 113 Å². The van der Waals surface area contributed by atoms with Gasteiger partial charge < -0.3 is 18.8 Å². The number of rotatable bonds is 13. The standard InChI is InChI=1S/C37H36F3N3O4S/c1-4-48(20-19-31(28-13-9-6-10-14-28)47-25-26-11-7-5-8-12-26)36-41-30(22-34(42-36)37(38,39)40)29-16-18-35(44)43(24-29)23-27-15-17-32(45-2)33(21-27)46-3/h4-18,21-22,24,31H,19-20,23,25H2,1-3H3/p+1. The van der Waals surface area contributed by atoms with Gasteiger partial charge >= 0.3 is 11.3 Å². The zero-order chi connectivity index (χ0) is 34.1. The smallest absolute Gasteiger partial charge is 0.458 e. The normalized spacial score (nSPS) is 12.9. The maximum Gasteiger partial charge on any atom is 0.458 e. The van der Waals surface area contributed by atoms with Gasteiger partial charge in [-0.3, -0.25) is 4.79 Å². The van der Waals surface area contributed by atoms with E-state index < -0.39 is 22.4 Å². The molecule has 250 valence electrons. The van der Waals surface area contributed by atoms with Crippen molar-refractivity contribution in [2.45, 2.75) is 43.9 Å². The van der Waals surface area contributed by atoms with Gasteiger partial charge in [-0.2, -0.15) is 13.2 Å². The van der Waals surface area contributed by atoms with Crippen molar-refractivity contribution in [3.8, 4) is 22.8 Å². The lowest BCUT2D eigenvalue weighted by molar-refractivity contribution is -0.422. The van der Waals surface area contributed by atoms with E-state index in [1.165, 1.54) is 30.9 Å². The van der Waals surface area contributed by atoms with Crippen molar-refractivity contribution in [2.75, 3.05) is 20.0 Å². The van der Waals surface area contributed by atoms with E-state index in [4.69, 9.17) is 14.2 Å². The van der Waals surface area contributed by atoms with Gasteiger partial charge in [0.05, 0.1) is 33.5 Å². The van der Waals surface area contributed by atoms with Crippen LogP contribution in [0.2, 0.25) is 0 Å². The molecule has 2 heterocycles. The van der Waals surface area contributed by atoms with Crippen molar-refractivity contribution < 1.29 is 32.4 Å². The number of nitrogens with zero attached hydrogens (tertiary/aromatic N) is 2. The van der Waals surface area contributed by atoms with Gasteiger partial charge in [-0.05, 0) is 53.2 Å². The number of H-pyrrole nitrogens is 1. The van der Waals surface area contributed by atoms with Crippen LogP contribution in [0.5, 0.6) is 11.5 Å². The molecule has 0 fully saturated rings. The second-order valence-electron chi connectivity index (χ2n) is 10.9. The van der Waals surface area contributed by atoms with Crippen LogP contribution in [0, 0.1) is 0 Å². The van der Waals surface area contributed by atoms with Gasteiger partial charge in [-0.1, -0.05) is 82.6 Å². The van der Waals surface area contributed by atoms with E-state index in [9.17, 15) is 18.0 Å². The molecule has 0 amide bonds. The van der Waals surface area contributed by atoms with E-state index in [0.29, 0.717) is 35.8 Å². The number of benzene rings is 3. The van der Waals surface area contributed by atoms with E-state index in [2.05, 4.69) is 9.97 Å². The topological polar surface area (TPSA) is 76.7 Å². The summed E-state index contributed by atoms with van der Waals surface area (Å²) in [5.74, 6) is 1.55. The highest BCUT2D eigenvalue weighted by Gasteiger charge is 2.39. The van der Waals surface area contributed by atoms with Gasteiger partial charge in [0.2, 0.25) is 0 Å². The lowest BCUT2D eigenvalue weighted by atomic mass is 10.1. The summed E-state index contributed by atoms with van der Waals surface area (Å²) in [4.78, 5) is 20.1. The summed E-state index contributed by atoms with van der Waals surface area (Å²) in [5.41, 5.74) is 2.08. The maximum atomic E-state index is 14.2. The minimum absolute atomic E-state index is 0.175. The molecule has 0 saturated carbocycles. The molecule has 0 aliphatic carbocycles. The molecule has 0 aliphatic heterocycles. The van der Waals surface area contributed by atoms with Gasteiger partial charge in [0.1, 0.15) is 5.69 Å². The zero-order valence-electron chi connectivity index (χ0n) is 26.9. The van der Waals surface area contributed by atoms with Crippen molar-refractivity contribution in [3.05, 3.63) is 136 Å². The van der Waals surface area contributed by atoms with E-state index in [-0.39, 0.29) is 29.1 Å². The van der Waals surface area contributed by atoms with Gasteiger partial charge in [0, 0.05) is 29.6 Å². The van der Waals surface area contributed by atoms with Crippen LogP contribution >= 0.6 is 10.5 Å². The van der Waals surface area contributed by atoms with Crippen LogP contribution in [0.25, 0.3) is 11.3 Å². The Morgan fingerprint density at radius 3 is 2.27 bits per heavy atom. The molecule has 5 rings (SSSR count). The molecule has 11 heteroatoms. The first kappa shape index (κ1) is 34.6. The first-order valence-electron chi connectivity index (χ1n) is 15.3. The third-order valence-electron chi connectivity index (χ3n) is 7.73. The molecule has 5 aromatic rings. The Kier molecular flexibility index (Phi) is 11.5. The van der Waals surface area contributed by atoms with Crippen LogP contribution in [-0.4, -0.2) is 34.9 Å². The molecule has 2 atom stereocenters. The lowest BCUT2D eigenvalue weighted by Gasteiger charge is -2.19. The summed E-state index contributed by atoms with van der Waals surface area (Å²) in [6.45, 7) is 2.40. The summed E-state index contributed by atoms with van der Waals surface area (Å²) in [6.07, 6.45) is -2.85. The fourth-order valence-electron chi connectivity index (χ4n) is 5.22. The third kappa shape index (κ3) is 8.78. The Hall–Kier alpha value is -4.74. The fraction of sp³-hybridized carbons (Fsp3) is 0.243. The third-order valence-corrected chi connectivity index (χ3v) is 9.66. The highest BCUT2D eigenvalue weighted by Crippen LogP contribution is 2.34. The number of methoxy groups -OCH3 is 2. The van der Waals surface area contributed by atoms with Crippen molar-refractivity contribution >= 4 is 15.9 Å². The summed E-state index contributed by atoms with van der Waals surface area (Å²) in [7, 11) is 2.27. The summed E-state index contributed by atoms with van der Waals surface area (Å²) in [5, 5.41) is 2.08. The van der Waals surface area contributed by atoms with Crippen molar-refractivity contribution in [1.82, 2.24) is 9.55 Å². The largest absolute Gasteiger partial charge is 0.493 e. The number of aromatic amines is 1. The number of alkyl halides is 3. The van der Waals surface area contributed by atoms with Crippen molar-refractivity contribution in [2.24, 2.45) is 0 Å². The molecule has 0 saturated heterocycles. The second-order valence-corrected chi connectivity index (χ2v) is 13.0. The number of hydrogen-bond acceptors (Lipinski definition) is 5. The zero-order valence-corrected chi connectivity index (χ0v) is 27.7. The molecular formula is C37H37F3N3O4S+. The van der Waals surface area contributed by atoms with E-state index in [1.807, 2.05) is 73.0 Å². The number of nitrogens with one attached hydrogen (secondary N) is 1. The van der Waals surface area contributed by atoms with E-state index in [0.717, 1.165) is 22.8 Å². The Labute approximate surface area is 279 Å². The Morgan fingerprint density at radius 1 is 0.896 bits per heavy atom. The second kappa shape index (κ2) is 15.9. The van der Waals surface area contributed by atoms with Gasteiger partial charge in [-0.25, -0.2) is 4.98 Å². The van der Waals surface area contributed by atoms with Gasteiger partial charge in [-0.15, -0.1) is 0 Å². The van der Waals surface area contributed by atoms with Crippen LogP contribution < -0.4 is 20.0 Å². The fourth-order valence-corrected chi connectivity index (χ4v) is 6.79. The highest BCUT2D eigenvalue weighted by molar-refractivity contribution is 8.14. The average Bonchev–Trinajstić information content (AvgIpc) is 3.11. The molecule has 2 unspecified atom stereocenters. The number of halogens is 3. The Bertz CT molecular complexity index is 1920. The van der Waals surface area contributed by atoms with E-state index >= 15 is 0 Å². The number of ether oxygens (including phenoxy) is 3. The summed E-state index contributed by atoms with van der Waals surface area (Å²) in [6, 6.07) is 28.8. The number of hydrogen-bond donors (Lipinski definition) is 0. The number of aromatic nitrogens is 3. The van der Waals surface area contributed by atoms with E-state index in [1.54, 1.807) is 24.4 Å². The van der Waals surface area contributed by atoms with Crippen LogP contribution in [0.3, 0.4) is 0 Å². The molecule has 0 bridgehead atoms. The van der Waals surface area contributed by atoms with Crippen LogP contribution in [0.1, 0.15) is 41.8 Å². The predicted octanol–water partition coefficient (Wildman–Crippen LogP) is 7.61. The molecule has 2 aromatic heterocycles. The Balaban J connectivity index is 1.44. The Morgan fingerprint density at radius 2 is 1.60 bits per heavy atom. The molecule has 0 spiro atoms. The molecule has 7 nitrogen and oxygen atoms in total. The highest BCUT2D eigenvalue weighted by atomic mass is 32.2. The average molecular weight is 677 g/mol. The number of pyridine rings is 1. The van der Waals surface area contributed by atoms with Crippen molar-refractivity contribution in [1.29, 1.82) is 0 Å². The lowest BCUT2D eigenvalue weighted by Crippen LogP contribution is -2.23. The monoisotopic (exact) mass is 676 g/mol. The first-order valence-corrected chi connectivity index (χ1v) is 16.8. The predicted molar refractivity (Wildman–Crippen MR) is 182 cm³/mol. The SMILES string of the molecule is C/C=S(/CCC(OCc1ccccc1)c1ccccc1)c1nc(C(F)(F)F)cc(-c2ccc(=O)n(Cc3ccc(OC)c(OC)c3)c2)[nH+]1. The summed E-state index contributed by atoms with van der Waals surface area (Å²) >= 11 is 0. The molecule has 48 heavy (non-hydrogen) atoms. The maximum absolute atomic E-state index is 14.2. The quantitative estimate of drug-likeness (QED) is 0.0949. The van der Waals surface area contributed by atoms with Crippen molar-refractivity contribution in [3.63, 3.8) is 0 Å². The summed E-state index contributed by atoms with van der Waals surface area (Å²) < 4.78 is 61.1. The van der Waals surface area contributed by atoms with Gasteiger partial charge in [0.15, 0.2) is 11.5 Å². The van der Waals surface area contributed by atoms with Crippen LogP contribution in [-0.2, 0) is 24.1 Å². The molecule has 0 radical (unpaired) electrons. The minimum atomic E-state index is -4.68. The van der Waals surface area contributed by atoms with Crippen LogP contribution in [0.4, 0.5) is 13.2 Å². The molecule has 3 aromatic carbocycles. The molecule has 0 aliphatic rings. The molecule has 1 N–H and O–H groups in total. The first-order chi connectivity index (χ1) is 23.2.